The topological polar surface area (TPSA) is 53.6 Å². The van der Waals surface area contributed by atoms with Gasteiger partial charge in [0.1, 0.15) is 5.75 Å². The van der Waals surface area contributed by atoms with E-state index in [1.54, 1.807) is 0 Å². The fraction of sp³-hybridized carbons (Fsp3) is 0.667. The summed E-state index contributed by atoms with van der Waals surface area (Å²) in [5.41, 5.74) is 1.29. The molecule has 0 aliphatic carbocycles. The van der Waals surface area contributed by atoms with Gasteiger partial charge in [-0.1, -0.05) is 12.1 Å². The summed E-state index contributed by atoms with van der Waals surface area (Å²) in [4.78, 5) is 14.7. The average molecular weight is 396 g/mol. The number of hydrogen-bond donors (Lipinski definition) is 2. The van der Waals surface area contributed by atoms with Crippen LogP contribution in [0.5, 0.6) is 5.75 Å². The predicted octanol–water partition coefficient (Wildman–Crippen LogP) is 2.98. The Hall–Kier alpha value is -1.30. The fourth-order valence-corrected chi connectivity index (χ4v) is 3.99. The predicted molar refractivity (Wildman–Crippen MR) is 111 cm³/mol. The molecule has 0 spiro atoms. The van der Waals surface area contributed by atoms with Crippen LogP contribution in [0.2, 0.25) is 0 Å². The number of amides is 1. The number of benzene rings is 1. The molecule has 0 saturated carbocycles. The number of carbonyl (C=O) groups is 1. The van der Waals surface area contributed by atoms with E-state index in [-0.39, 0.29) is 30.5 Å². The minimum atomic E-state index is 0. The number of ether oxygens (including phenoxy) is 1. The van der Waals surface area contributed by atoms with Crippen molar-refractivity contribution in [3.05, 3.63) is 29.8 Å². The lowest BCUT2D eigenvalue weighted by Gasteiger charge is -2.33. The smallest absolute Gasteiger partial charge is 0.237 e. The molecular weight excluding hydrogens is 362 g/mol. The Morgan fingerprint density at radius 1 is 1.33 bits per heavy atom. The summed E-state index contributed by atoms with van der Waals surface area (Å²) < 4.78 is 5.81. The Bertz CT molecular complexity index is 591. The second-order valence-electron chi connectivity index (χ2n) is 7.95. The van der Waals surface area contributed by atoms with Crippen molar-refractivity contribution in [2.75, 3.05) is 26.2 Å². The van der Waals surface area contributed by atoms with Crippen LogP contribution in [0.3, 0.4) is 0 Å². The molecule has 2 heterocycles. The Labute approximate surface area is 169 Å². The van der Waals surface area contributed by atoms with Crippen molar-refractivity contribution in [1.82, 2.24) is 15.5 Å². The van der Waals surface area contributed by atoms with Gasteiger partial charge in [-0.05, 0) is 76.2 Å². The van der Waals surface area contributed by atoms with Gasteiger partial charge in [-0.3, -0.25) is 9.69 Å². The van der Waals surface area contributed by atoms with Gasteiger partial charge in [-0.15, -0.1) is 12.4 Å². The van der Waals surface area contributed by atoms with E-state index in [1.165, 1.54) is 18.4 Å². The Kier molecular flexibility index (Phi) is 8.87. The molecule has 6 heteroatoms. The summed E-state index contributed by atoms with van der Waals surface area (Å²) in [7, 11) is 0. The maximum absolute atomic E-state index is 12.2. The van der Waals surface area contributed by atoms with E-state index < -0.39 is 0 Å². The first-order valence-corrected chi connectivity index (χ1v) is 10.1. The van der Waals surface area contributed by atoms with E-state index in [0.717, 1.165) is 51.3 Å². The third-order valence-electron chi connectivity index (χ3n) is 5.22. The van der Waals surface area contributed by atoms with E-state index in [0.29, 0.717) is 5.92 Å². The zero-order valence-electron chi connectivity index (χ0n) is 16.6. The second kappa shape index (κ2) is 10.9. The highest BCUT2D eigenvalue weighted by molar-refractivity contribution is 5.85. The number of rotatable bonds is 7. The Morgan fingerprint density at radius 3 is 2.93 bits per heavy atom. The highest BCUT2D eigenvalue weighted by Gasteiger charge is 2.24. The highest BCUT2D eigenvalue weighted by Crippen LogP contribution is 2.21. The minimum Gasteiger partial charge on any atom is -0.491 e. The molecule has 0 bridgehead atoms. The summed E-state index contributed by atoms with van der Waals surface area (Å²) >= 11 is 0. The summed E-state index contributed by atoms with van der Waals surface area (Å²) in [6.45, 7) is 8.99. The first-order valence-electron chi connectivity index (χ1n) is 10.1. The number of carbonyl (C=O) groups excluding carboxylic acids is 1. The van der Waals surface area contributed by atoms with Crippen LogP contribution >= 0.6 is 12.4 Å². The average Bonchev–Trinajstić information content (AvgIpc) is 3.14. The van der Waals surface area contributed by atoms with Crippen LogP contribution in [-0.2, 0) is 11.3 Å². The van der Waals surface area contributed by atoms with Crippen LogP contribution in [0.1, 0.15) is 45.1 Å². The normalized spacial score (nSPS) is 23.1. The molecule has 2 N–H and O–H groups in total. The van der Waals surface area contributed by atoms with Crippen molar-refractivity contribution >= 4 is 18.3 Å². The quantitative estimate of drug-likeness (QED) is 0.745. The van der Waals surface area contributed by atoms with Gasteiger partial charge in [-0.2, -0.15) is 0 Å². The fourth-order valence-electron chi connectivity index (χ4n) is 3.99. The molecule has 2 saturated heterocycles. The van der Waals surface area contributed by atoms with Crippen molar-refractivity contribution < 1.29 is 9.53 Å². The number of hydrogen-bond acceptors (Lipinski definition) is 4. The summed E-state index contributed by atoms with van der Waals surface area (Å²) in [6, 6.07) is 8.44. The van der Waals surface area contributed by atoms with Crippen LogP contribution < -0.4 is 15.4 Å². The van der Waals surface area contributed by atoms with Gasteiger partial charge in [0.15, 0.2) is 0 Å². The number of halogens is 1. The Morgan fingerprint density at radius 2 is 2.19 bits per heavy atom. The first kappa shape index (κ1) is 22.0. The third kappa shape index (κ3) is 6.98. The van der Waals surface area contributed by atoms with Gasteiger partial charge < -0.3 is 15.4 Å². The molecule has 0 radical (unpaired) electrons. The van der Waals surface area contributed by atoms with E-state index in [9.17, 15) is 4.79 Å². The number of piperidine rings is 1. The van der Waals surface area contributed by atoms with Crippen molar-refractivity contribution in [3.63, 3.8) is 0 Å². The Balaban J connectivity index is 0.00000261. The SMILES string of the molecule is CC(C)Oc1cccc(CN2CCCC(CNC(=O)C3CCCN3)C2)c1.Cl. The van der Waals surface area contributed by atoms with Crippen molar-refractivity contribution in [1.29, 1.82) is 0 Å². The van der Waals surface area contributed by atoms with Gasteiger partial charge in [0, 0.05) is 19.6 Å². The molecule has 2 unspecified atom stereocenters. The standard InChI is InChI=1S/C21H33N3O2.ClH/c1-16(2)26-19-8-3-6-17(12-19)14-24-11-5-7-18(15-24)13-23-21(25)20-9-4-10-22-20;/h3,6,8,12,16,18,20,22H,4-5,7,9-11,13-15H2,1-2H3,(H,23,25);1H. The highest BCUT2D eigenvalue weighted by atomic mass is 35.5. The molecule has 2 fully saturated rings. The van der Waals surface area contributed by atoms with Gasteiger partial charge >= 0.3 is 0 Å². The maximum atomic E-state index is 12.2. The van der Waals surface area contributed by atoms with Crippen molar-refractivity contribution in [3.8, 4) is 5.75 Å². The lowest BCUT2D eigenvalue weighted by Crippen LogP contribution is -2.45. The van der Waals surface area contributed by atoms with Crippen LogP contribution in [0.25, 0.3) is 0 Å². The van der Waals surface area contributed by atoms with Gasteiger partial charge in [0.2, 0.25) is 5.91 Å². The zero-order chi connectivity index (χ0) is 18.4. The molecule has 152 valence electrons. The molecule has 3 rings (SSSR count). The number of nitrogens with one attached hydrogen (secondary N) is 2. The number of likely N-dealkylation sites (tertiary alicyclic amines) is 1. The lowest BCUT2D eigenvalue weighted by molar-refractivity contribution is -0.123. The van der Waals surface area contributed by atoms with Gasteiger partial charge in [0.05, 0.1) is 12.1 Å². The van der Waals surface area contributed by atoms with Gasteiger partial charge in [-0.25, -0.2) is 0 Å². The van der Waals surface area contributed by atoms with E-state index in [2.05, 4.69) is 47.6 Å². The molecule has 2 atom stereocenters. The number of nitrogens with zero attached hydrogens (tertiary/aromatic N) is 1. The third-order valence-corrected chi connectivity index (χ3v) is 5.22. The molecule has 1 aromatic carbocycles. The van der Waals surface area contributed by atoms with Crippen molar-refractivity contribution in [2.45, 2.75) is 58.2 Å². The molecule has 5 nitrogen and oxygen atoms in total. The summed E-state index contributed by atoms with van der Waals surface area (Å²) in [6.07, 6.45) is 4.67. The van der Waals surface area contributed by atoms with Crippen LogP contribution in [-0.4, -0.2) is 49.1 Å². The second-order valence-corrected chi connectivity index (χ2v) is 7.95. The molecule has 27 heavy (non-hydrogen) atoms. The lowest BCUT2D eigenvalue weighted by atomic mass is 9.97. The maximum Gasteiger partial charge on any atom is 0.237 e. The molecule has 2 aliphatic heterocycles. The molecule has 0 aromatic heterocycles. The monoisotopic (exact) mass is 395 g/mol. The largest absolute Gasteiger partial charge is 0.491 e. The van der Waals surface area contributed by atoms with Crippen LogP contribution in [0, 0.1) is 5.92 Å². The molecule has 1 amide bonds. The van der Waals surface area contributed by atoms with Gasteiger partial charge in [0.25, 0.3) is 0 Å². The summed E-state index contributed by atoms with van der Waals surface area (Å²) in [5.74, 6) is 1.67. The van der Waals surface area contributed by atoms with E-state index in [4.69, 9.17) is 4.74 Å². The van der Waals surface area contributed by atoms with E-state index >= 15 is 0 Å². The van der Waals surface area contributed by atoms with Crippen molar-refractivity contribution in [2.24, 2.45) is 5.92 Å². The van der Waals surface area contributed by atoms with Crippen LogP contribution in [0.4, 0.5) is 0 Å². The molecule has 2 aliphatic rings. The van der Waals surface area contributed by atoms with Crippen LogP contribution in [0.15, 0.2) is 24.3 Å². The zero-order valence-corrected chi connectivity index (χ0v) is 17.4. The molecule has 1 aromatic rings. The molecular formula is C21H34ClN3O2. The minimum absolute atomic E-state index is 0. The first-order chi connectivity index (χ1) is 12.6. The van der Waals surface area contributed by atoms with E-state index in [1.807, 2.05) is 6.07 Å². The summed E-state index contributed by atoms with van der Waals surface area (Å²) in [5, 5.41) is 6.43.